The largest absolute Gasteiger partial charge is 0.420 e. The fourth-order valence-corrected chi connectivity index (χ4v) is 6.28. The molecule has 0 N–H and O–H groups in total. The molecular weight excluding hydrogens is 550 g/mol. The number of sulfone groups is 1. The van der Waals surface area contributed by atoms with Gasteiger partial charge in [0.1, 0.15) is 11.6 Å². The molecule has 0 atom stereocenters. The Hall–Kier alpha value is -3.07. The predicted molar refractivity (Wildman–Crippen MR) is 143 cm³/mol. The van der Waals surface area contributed by atoms with E-state index in [1.165, 1.54) is 24.3 Å². The molecule has 10 heteroatoms. The summed E-state index contributed by atoms with van der Waals surface area (Å²) in [5, 5.41) is 9.18. The van der Waals surface area contributed by atoms with Gasteiger partial charge in [-0.05, 0) is 72.5 Å². The molecule has 1 fully saturated rings. The molecule has 1 aromatic heterocycles. The van der Waals surface area contributed by atoms with Gasteiger partial charge in [-0.1, -0.05) is 42.3 Å². The summed E-state index contributed by atoms with van der Waals surface area (Å²) in [4.78, 5) is 13.0. The van der Waals surface area contributed by atoms with Gasteiger partial charge in [0, 0.05) is 34.0 Å². The molecular formula is C28H23Cl2FN2O4S. The molecule has 0 amide bonds. The number of rotatable bonds is 9. The van der Waals surface area contributed by atoms with Crippen molar-refractivity contribution in [2.75, 3.05) is 5.75 Å². The minimum atomic E-state index is -3.29. The van der Waals surface area contributed by atoms with Crippen molar-refractivity contribution in [2.24, 2.45) is 0 Å². The predicted octanol–water partition coefficient (Wildman–Crippen LogP) is 6.41. The van der Waals surface area contributed by atoms with Crippen molar-refractivity contribution >= 4 is 38.8 Å². The van der Waals surface area contributed by atoms with Gasteiger partial charge >= 0.3 is 0 Å². The minimum Gasteiger partial charge on any atom is -0.420 e. The van der Waals surface area contributed by atoms with Crippen molar-refractivity contribution in [3.8, 4) is 11.5 Å². The monoisotopic (exact) mass is 572 g/mol. The van der Waals surface area contributed by atoms with Crippen LogP contribution in [0.4, 0.5) is 4.39 Å². The van der Waals surface area contributed by atoms with Gasteiger partial charge in [-0.3, -0.25) is 4.79 Å². The Bertz CT molecular complexity index is 1590. The van der Waals surface area contributed by atoms with Gasteiger partial charge in [-0.15, -0.1) is 10.2 Å². The first-order valence-corrected chi connectivity index (χ1v) is 14.4. The molecule has 38 heavy (non-hydrogen) atoms. The van der Waals surface area contributed by atoms with Crippen molar-refractivity contribution in [3.63, 3.8) is 0 Å². The second kappa shape index (κ2) is 10.2. The molecule has 5 rings (SSSR count). The van der Waals surface area contributed by atoms with E-state index in [9.17, 15) is 17.6 Å². The van der Waals surface area contributed by atoms with Crippen molar-refractivity contribution < 1.29 is 22.0 Å². The van der Waals surface area contributed by atoms with Gasteiger partial charge in [0.05, 0.1) is 16.1 Å². The fraction of sp³-hybridized carbons (Fsp3) is 0.250. The fourth-order valence-electron chi connectivity index (χ4n) is 4.51. The van der Waals surface area contributed by atoms with E-state index in [2.05, 4.69) is 10.2 Å². The van der Waals surface area contributed by atoms with Crippen LogP contribution < -0.4 is 0 Å². The van der Waals surface area contributed by atoms with Crippen LogP contribution in [0.25, 0.3) is 11.5 Å². The molecule has 0 radical (unpaired) electrons. The van der Waals surface area contributed by atoms with E-state index >= 15 is 0 Å². The summed E-state index contributed by atoms with van der Waals surface area (Å²) in [5.41, 5.74) is 2.08. The number of hydrogen-bond donors (Lipinski definition) is 0. The molecule has 6 nitrogen and oxygen atoms in total. The molecule has 1 aliphatic carbocycles. The van der Waals surface area contributed by atoms with Crippen LogP contribution in [0.5, 0.6) is 0 Å². The van der Waals surface area contributed by atoms with E-state index in [1.807, 2.05) is 0 Å². The van der Waals surface area contributed by atoms with E-state index < -0.39 is 15.3 Å². The van der Waals surface area contributed by atoms with Crippen LogP contribution in [0.15, 0.2) is 70.0 Å². The number of benzene rings is 3. The number of Topliss-reactive ketones (excluding diaryl/α,β-unsaturated/α-hetero) is 1. The van der Waals surface area contributed by atoms with E-state index in [-0.39, 0.29) is 41.0 Å². The maximum Gasteiger partial charge on any atom is 0.247 e. The molecule has 4 aromatic rings. The van der Waals surface area contributed by atoms with Crippen LogP contribution in [0.3, 0.4) is 0 Å². The lowest BCUT2D eigenvalue weighted by Gasteiger charge is -2.16. The molecule has 1 heterocycles. The van der Waals surface area contributed by atoms with Gasteiger partial charge in [0.15, 0.2) is 9.84 Å². The van der Waals surface area contributed by atoms with E-state index in [1.54, 1.807) is 43.3 Å². The Labute approximate surface area is 229 Å². The summed E-state index contributed by atoms with van der Waals surface area (Å²) >= 11 is 13.4. The molecule has 196 valence electrons. The van der Waals surface area contributed by atoms with Crippen LogP contribution in [-0.4, -0.2) is 30.2 Å². The molecule has 0 saturated heterocycles. The number of carbonyl (C=O) groups is 1. The first-order valence-electron chi connectivity index (χ1n) is 12.0. The molecule has 0 spiro atoms. The Morgan fingerprint density at radius 2 is 1.55 bits per heavy atom. The highest BCUT2D eigenvalue weighted by molar-refractivity contribution is 7.91. The zero-order valence-corrected chi connectivity index (χ0v) is 22.7. The third-order valence-electron chi connectivity index (χ3n) is 6.72. The van der Waals surface area contributed by atoms with Crippen LogP contribution in [-0.2, 0) is 32.9 Å². The van der Waals surface area contributed by atoms with Crippen LogP contribution in [0, 0.1) is 5.82 Å². The van der Waals surface area contributed by atoms with Gasteiger partial charge in [-0.25, -0.2) is 12.8 Å². The molecule has 1 saturated carbocycles. The van der Waals surface area contributed by atoms with Gasteiger partial charge < -0.3 is 4.42 Å². The topological polar surface area (TPSA) is 90.1 Å². The van der Waals surface area contributed by atoms with Crippen molar-refractivity contribution in [1.29, 1.82) is 0 Å². The number of carbonyl (C=O) groups excluding carboxylic acids is 1. The normalized spacial score (nSPS) is 14.4. The van der Waals surface area contributed by atoms with Crippen molar-refractivity contribution in [3.05, 3.63) is 99.1 Å². The number of ketones is 1. The Balaban J connectivity index is 1.32. The first kappa shape index (κ1) is 26.5. The maximum absolute atomic E-state index is 13.3. The Kier molecular flexibility index (Phi) is 7.15. The maximum atomic E-state index is 13.3. The van der Waals surface area contributed by atoms with Crippen molar-refractivity contribution in [1.82, 2.24) is 10.2 Å². The number of nitrogens with zero attached hydrogens (tertiary/aromatic N) is 2. The number of aromatic nitrogens is 2. The lowest BCUT2D eigenvalue weighted by molar-refractivity contribution is -0.117. The molecule has 0 aliphatic heterocycles. The SMILES string of the molecule is CCS(=O)(=O)c1ccc(CC(=O)Cc2cc(Cl)c(C3(c4nnc(-c5ccc(F)cc5)o4)CC3)c(Cl)c2)cc1. The Morgan fingerprint density at radius 3 is 2.13 bits per heavy atom. The zero-order valence-electron chi connectivity index (χ0n) is 20.4. The average Bonchev–Trinajstić information content (AvgIpc) is 3.51. The van der Waals surface area contributed by atoms with E-state index in [4.69, 9.17) is 27.6 Å². The highest BCUT2D eigenvalue weighted by atomic mass is 35.5. The quantitative estimate of drug-likeness (QED) is 0.230. The molecule has 0 bridgehead atoms. The summed E-state index contributed by atoms with van der Waals surface area (Å²) in [6.07, 6.45) is 1.72. The summed E-state index contributed by atoms with van der Waals surface area (Å²) in [5.74, 6) is 0.271. The van der Waals surface area contributed by atoms with Crippen LogP contribution in [0.1, 0.15) is 42.3 Å². The van der Waals surface area contributed by atoms with Crippen LogP contribution >= 0.6 is 23.2 Å². The van der Waals surface area contributed by atoms with Crippen molar-refractivity contribution in [2.45, 2.75) is 42.9 Å². The second-order valence-corrected chi connectivity index (χ2v) is 12.5. The van der Waals surface area contributed by atoms with E-state index in [0.717, 1.165) is 18.4 Å². The third kappa shape index (κ3) is 5.25. The zero-order chi connectivity index (χ0) is 27.1. The van der Waals surface area contributed by atoms with E-state index in [0.29, 0.717) is 32.6 Å². The summed E-state index contributed by atoms with van der Waals surface area (Å²) < 4.78 is 43.2. The molecule has 3 aromatic carbocycles. The number of halogens is 3. The summed E-state index contributed by atoms with van der Waals surface area (Å²) in [6.45, 7) is 1.59. The highest BCUT2D eigenvalue weighted by Crippen LogP contribution is 2.57. The lowest BCUT2D eigenvalue weighted by Crippen LogP contribution is -2.12. The smallest absolute Gasteiger partial charge is 0.247 e. The standard InChI is InChI=1S/C28H23Cl2FN2O4S/c1-2-38(35,36)22-9-3-17(4-10-22)13-21(34)14-18-15-23(29)25(24(30)16-18)28(11-12-28)27-33-32-26(37-27)19-5-7-20(31)8-6-19/h3-10,15-16H,2,11-14H2,1H3. The first-order chi connectivity index (χ1) is 18.1. The Morgan fingerprint density at radius 1 is 0.947 bits per heavy atom. The minimum absolute atomic E-state index is 0.0198. The molecule has 0 unspecified atom stereocenters. The van der Waals surface area contributed by atoms with Crippen LogP contribution in [0.2, 0.25) is 10.0 Å². The second-order valence-electron chi connectivity index (χ2n) is 9.38. The summed E-state index contributed by atoms with van der Waals surface area (Å²) in [6, 6.07) is 15.6. The number of hydrogen-bond acceptors (Lipinski definition) is 6. The molecule has 1 aliphatic rings. The van der Waals surface area contributed by atoms with Gasteiger partial charge in [0.2, 0.25) is 11.8 Å². The summed E-state index contributed by atoms with van der Waals surface area (Å²) in [7, 11) is -3.29. The highest BCUT2D eigenvalue weighted by Gasteiger charge is 2.53. The average molecular weight is 573 g/mol. The third-order valence-corrected chi connectivity index (χ3v) is 9.07. The lowest BCUT2D eigenvalue weighted by atomic mass is 9.93. The van der Waals surface area contributed by atoms with Gasteiger partial charge in [0.25, 0.3) is 0 Å². The van der Waals surface area contributed by atoms with Gasteiger partial charge in [-0.2, -0.15) is 0 Å².